The molecule has 6 heteroatoms. The van der Waals surface area contributed by atoms with Crippen molar-refractivity contribution in [2.24, 2.45) is 0 Å². The fourth-order valence-electron chi connectivity index (χ4n) is 1.98. The number of hydrogen-bond acceptors (Lipinski definition) is 5. The molecule has 0 spiro atoms. The highest BCUT2D eigenvalue weighted by Gasteiger charge is 2.40. The van der Waals surface area contributed by atoms with E-state index in [0.29, 0.717) is 26.4 Å². The van der Waals surface area contributed by atoms with E-state index in [1.54, 1.807) is 0 Å². The van der Waals surface area contributed by atoms with Crippen molar-refractivity contribution >= 4 is 8.80 Å². The van der Waals surface area contributed by atoms with Gasteiger partial charge in [0.15, 0.2) is 0 Å². The van der Waals surface area contributed by atoms with Gasteiger partial charge >= 0.3 is 8.80 Å². The van der Waals surface area contributed by atoms with E-state index in [-0.39, 0.29) is 12.2 Å². The highest BCUT2D eigenvalue weighted by atomic mass is 28.4. The molecule has 1 saturated heterocycles. The van der Waals surface area contributed by atoms with E-state index in [2.05, 4.69) is 6.58 Å². The van der Waals surface area contributed by atoms with Gasteiger partial charge in [0.25, 0.3) is 0 Å². The van der Waals surface area contributed by atoms with Crippen LogP contribution in [-0.4, -0.2) is 54.0 Å². The van der Waals surface area contributed by atoms with Gasteiger partial charge in [-0.25, -0.2) is 0 Å². The van der Waals surface area contributed by atoms with Crippen LogP contribution < -0.4 is 0 Å². The van der Waals surface area contributed by atoms with E-state index in [9.17, 15) is 0 Å². The Morgan fingerprint density at radius 3 is 2.15 bits per heavy atom. The lowest BCUT2D eigenvalue weighted by molar-refractivity contribution is 0.0501. The van der Waals surface area contributed by atoms with Crippen LogP contribution in [0.5, 0.6) is 0 Å². The molecule has 0 aromatic carbocycles. The Bertz CT molecular complexity index is 253. The summed E-state index contributed by atoms with van der Waals surface area (Å²) >= 11 is 0. The van der Waals surface area contributed by atoms with Gasteiger partial charge in [-0.2, -0.15) is 0 Å². The van der Waals surface area contributed by atoms with Crippen molar-refractivity contribution in [1.29, 1.82) is 0 Å². The number of hydrogen-bond donors (Lipinski definition) is 0. The highest BCUT2D eigenvalue weighted by Crippen LogP contribution is 2.21. The summed E-state index contributed by atoms with van der Waals surface area (Å²) in [5.74, 6) is 0. The van der Waals surface area contributed by atoms with Crippen LogP contribution in [0, 0.1) is 0 Å². The molecule has 0 amide bonds. The summed E-state index contributed by atoms with van der Waals surface area (Å²) in [6.45, 7) is 12.9. The summed E-state index contributed by atoms with van der Waals surface area (Å²) in [6.07, 6.45) is 2.88. The first kappa shape index (κ1) is 17.8. The first-order valence-electron chi connectivity index (χ1n) is 7.47. The molecule has 0 aromatic rings. The smallest absolute Gasteiger partial charge is 0.374 e. The Hall–Kier alpha value is -0.243. The second kappa shape index (κ2) is 9.65. The topological polar surface area (TPSA) is 49.5 Å². The van der Waals surface area contributed by atoms with Gasteiger partial charge in [0.2, 0.25) is 0 Å². The van der Waals surface area contributed by atoms with Crippen molar-refractivity contribution in [3.63, 3.8) is 0 Å². The minimum Gasteiger partial charge on any atom is -0.374 e. The number of epoxide rings is 1. The Morgan fingerprint density at radius 2 is 1.75 bits per heavy atom. The largest absolute Gasteiger partial charge is 0.501 e. The van der Waals surface area contributed by atoms with E-state index in [1.807, 2.05) is 26.8 Å². The van der Waals surface area contributed by atoms with Gasteiger partial charge in [-0.1, -0.05) is 6.08 Å². The third-order valence-corrected chi connectivity index (χ3v) is 6.08. The molecule has 0 N–H and O–H groups in total. The Balaban J connectivity index is 2.45. The van der Waals surface area contributed by atoms with E-state index in [1.165, 1.54) is 0 Å². The maximum atomic E-state index is 5.82. The molecule has 5 nitrogen and oxygen atoms in total. The maximum Gasteiger partial charge on any atom is 0.501 e. The molecular weight excluding hydrogens is 276 g/mol. The molecule has 1 aliphatic heterocycles. The van der Waals surface area contributed by atoms with Crippen molar-refractivity contribution in [2.75, 3.05) is 33.0 Å². The summed E-state index contributed by atoms with van der Waals surface area (Å²) in [4.78, 5) is 0. The van der Waals surface area contributed by atoms with Crippen LogP contribution >= 0.6 is 0 Å². The Morgan fingerprint density at radius 1 is 1.20 bits per heavy atom. The van der Waals surface area contributed by atoms with Gasteiger partial charge < -0.3 is 22.8 Å². The van der Waals surface area contributed by atoms with Gasteiger partial charge in [0.05, 0.1) is 19.3 Å². The molecule has 1 fully saturated rings. The fourth-order valence-corrected chi connectivity index (χ4v) is 4.63. The zero-order valence-electron chi connectivity index (χ0n) is 12.9. The molecule has 0 aromatic heterocycles. The molecule has 0 saturated carbocycles. The average molecular weight is 304 g/mol. The van der Waals surface area contributed by atoms with Crippen LogP contribution in [0.3, 0.4) is 0 Å². The standard InChI is InChI=1S/C14H28O5Si/c1-5-13(15-11-14-12-16-14)9-10-20(17-6-2,18-7-3)19-8-4/h5,13-14H,1,6-12H2,2-4H3. The predicted molar refractivity (Wildman–Crippen MR) is 79.7 cm³/mol. The highest BCUT2D eigenvalue weighted by molar-refractivity contribution is 6.60. The van der Waals surface area contributed by atoms with E-state index in [4.69, 9.17) is 22.8 Å². The van der Waals surface area contributed by atoms with Crippen LogP contribution in [-0.2, 0) is 22.8 Å². The zero-order valence-corrected chi connectivity index (χ0v) is 13.9. The Kier molecular flexibility index (Phi) is 8.59. The van der Waals surface area contributed by atoms with E-state index < -0.39 is 8.80 Å². The molecule has 2 unspecified atom stereocenters. The molecule has 1 rings (SSSR count). The monoisotopic (exact) mass is 304 g/mol. The maximum absolute atomic E-state index is 5.82. The van der Waals surface area contributed by atoms with Crippen molar-refractivity contribution in [1.82, 2.24) is 0 Å². The van der Waals surface area contributed by atoms with Crippen molar-refractivity contribution < 1.29 is 22.8 Å². The average Bonchev–Trinajstić information content (AvgIpc) is 3.24. The van der Waals surface area contributed by atoms with Crippen LogP contribution in [0.4, 0.5) is 0 Å². The third kappa shape index (κ3) is 6.47. The van der Waals surface area contributed by atoms with Gasteiger partial charge in [0, 0.05) is 25.9 Å². The lowest BCUT2D eigenvalue weighted by atomic mass is 10.3. The van der Waals surface area contributed by atoms with Crippen molar-refractivity contribution in [3.05, 3.63) is 12.7 Å². The van der Waals surface area contributed by atoms with Crippen molar-refractivity contribution in [3.8, 4) is 0 Å². The molecule has 118 valence electrons. The first-order valence-corrected chi connectivity index (χ1v) is 9.40. The lowest BCUT2D eigenvalue weighted by Gasteiger charge is -2.29. The summed E-state index contributed by atoms with van der Waals surface area (Å²) in [5, 5.41) is 0. The molecular formula is C14H28O5Si. The molecule has 2 atom stereocenters. The minimum atomic E-state index is -2.57. The van der Waals surface area contributed by atoms with Crippen LogP contribution in [0.25, 0.3) is 0 Å². The van der Waals surface area contributed by atoms with Gasteiger partial charge in [-0.3, -0.25) is 0 Å². The molecule has 1 heterocycles. The third-order valence-electron chi connectivity index (χ3n) is 2.99. The van der Waals surface area contributed by atoms with E-state index >= 15 is 0 Å². The van der Waals surface area contributed by atoms with Gasteiger partial charge in [-0.05, 0) is 27.2 Å². The molecule has 1 aliphatic rings. The van der Waals surface area contributed by atoms with Gasteiger partial charge in [-0.15, -0.1) is 6.58 Å². The second-order valence-corrected chi connectivity index (χ2v) is 7.32. The van der Waals surface area contributed by atoms with Crippen molar-refractivity contribution in [2.45, 2.75) is 45.4 Å². The van der Waals surface area contributed by atoms with Gasteiger partial charge in [0.1, 0.15) is 6.10 Å². The first-order chi connectivity index (χ1) is 9.69. The molecule has 20 heavy (non-hydrogen) atoms. The summed E-state index contributed by atoms with van der Waals surface area (Å²) < 4.78 is 28.4. The molecule has 0 bridgehead atoms. The second-order valence-electron chi connectivity index (χ2n) is 4.58. The SMILES string of the molecule is C=CC(CC[Si](OCC)(OCC)OCC)OCC1CO1. The number of ether oxygens (including phenoxy) is 2. The predicted octanol–water partition coefficient (Wildman–Crippen LogP) is 2.39. The minimum absolute atomic E-state index is 0.00700. The zero-order chi connectivity index (χ0) is 14.8. The van der Waals surface area contributed by atoms with Crippen LogP contribution in [0.1, 0.15) is 27.2 Å². The quantitative estimate of drug-likeness (QED) is 0.297. The van der Waals surface area contributed by atoms with Crippen LogP contribution in [0.2, 0.25) is 6.04 Å². The Labute approximate surface area is 123 Å². The summed E-state index contributed by atoms with van der Waals surface area (Å²) in [6, 6.07) is 0.741. The fraction of sp³-hybridized carbons (Fsp3) is 0.857. The van der Waals surface area contributed by atoms with E-state index in [0.717, 1.165) is 19.1 Å². The molecule has 0 aliphatic carbocycles. The number of rotatable bonds is 13. The summed E-state index contributed by atoms with van der Waals surface area (Å²) in [5.41, 5.74) is 0. The lowest BCUT2D eigenvalue weighted by Crippen LogP contribution is -2.46. The normalized spacial score (nSPS) is 19.9. The molecule has 0 radical (unpaired) electrons. The van der Waals surface area contributed by atoms with Crippen LogP contribution in [0.15, 0.2) is 12.7 Å². The summed E-state index contributed by atoms with van der Waals surface area (Å²) in [7, 11) is -2.57.